The molecule has 3 aliphatic carbocycles. The maximum atomic E-state index is 14.5. The van der Waals surface area contributed by atoms with Gasteiger partial charge in [0.2, 0.25) is 0 Å². The fourth-order valence-electron chi connectivity index (χ4n) is 6.14. The molecule has 1 amide bonds. The molecule has 34 heavy (non-hydrogen) atoms. The van der Waals surface area contributed by atoms with Gasteiger partial charge in [-0.2, -0.15) is 10.2 Å². The predicted octanol–water partition coefficient (Wildman–Crippen LogP) is 4.15. The monoisotopic (exact) mass is 467 g/mol. The normalized spacial score (nSPS) is 22.4. The number of rotatable bonds is 5. The van der Waals surface area contributed by atoms with Gasteiger partial charge in [0, 0.05) is 24.7 Å². The summed E-state index contributed by atoms with van der Waals surface area (Å²) in [6, 6.07) is 5.54. The molecule has 0 radical (unpaired) electrons. The summed E-state index contributed by atoms with van der Waals surface area (Å²) in [6.45, 7) is 7.16. The van der Waals surface area contributed by atoms with Crippen molar-refractivity contribution in [1.29, 1.82) is 0 Å². The quantitative estimate of drug-likeness (QED) is 0.590. The second-order valence-electron chi connectivity index (χ2n) is 10.1. The van der Waals surface area contributed by atoms with Crippen LogP contribution < -0.4 is 5.69 Å². The summed E-state index contributed by atoms with van der Waals surface area (Å²) in [5, 5.41) is 8.79. The number of fused-ring (bicyclic) bond motifs is 2. The van der Waals surface area contributed by atoms with Gasteiger partial charge in [0.15, 0.2) is 0 Å². The highest BCUT2D eigenvalue weighted by atomic mass is 19.1. The third-order valence-electron chi connectivity index (χ3n) is 7.56. The fourth-order valence-corrected chi connectivity index (χ4v) is 6.14. The third kappa shape index (κ3) is 3.45. The van der Waals surface area contributed by atoms with E-state index in [0.29, 0.717) is 13.1 Å². The highest BCUT2D eigenvalue weighted by Gasteiger charge is 2.55. The number of aromatic nitrogens is 4. The summed E-state index contributed by atoms with van der Waals surface area (Å²) in [6.07, 6.45) is 3.92. The molecular weight excluding hydrogens is 440 g/mol. The van der Waals surface area contributed by atoms with Gasteiger partial charge in [-0.05, 0) is 61.3 Å². The Hall–Kier alpha value is -3.36. The number of carbonyl (C=O) groups excluding carboxylic acids is 1. The average Bonchev–Trinajstić information content (AvgIpc) is 3.22. The lowest BCUT2D eigenvalue weighted by molar-refractivity contribution is 0.0453. The Morgan fingerprint density at radius 1 is 1.24 bits per heavy atom. The van der Waals surface area contributed by atoms with Crippen molar-refractivity contribution < 1.29 is 13.6 Å². The van der Waals surface area contributed by atoms with E-state index in [1.54, 1.807) is 11.0 Å². The van der Waals surface area contributed by atoms with Crippen molar-refractivity contribution in [2.45, 2.75) is 51.4 Å². The van der Waals surface area contributed by atoms with Crippen LogP contribution in [0.25, 0.3) is 11.3 Å². The minimum Gasteiger partial charge on any atom is -0.337 e. The van der Waals surface area contributed by atoms with Crippen LogP contribution in [0.5, 0.6) is 0 Å². The molecular formula is C25H27F2N5O2. The number of hydrogen-bond donors (Lipinski definition) is 2. The number of H-pyrrole nitrogens is 2. The summed E-state index contributed by atoms with van der Waals surface area (Å²) in [4.78, 5) is 31.4. The Bertz CT molecular complexity index is 1310. The summed E-state index contributed by atoms with van der Waals surface area (Å²) < 4.78 is 28.9. The number of halogens is 2. The zero-order chi connectivity index (χ0) is 24.3. The lowest BCUT2D eigenvalue weighted by atomic mass is 9.50. The highest BCUT2D eigenvalue weighted by molar-refractivity contribution is 5.92. The number of benzene rings is 1. The summed E-state index contributed by atoms with van der Waals surface area (Å²) in [7, 11) is 0. The zero-order valence-corrected chi connectivity index (χ0v) is 19.4. The number of hydrogen-bond acceptors (Lipinski definition) is 4. The van der Waals surface area contributed by atoms with Crippen LogP contribution in [0.15, 0.2) is 35.3 Å². The Labute approximate surface area is 195 Å². The van der Waals surface area contributed by atoms with E-state index >= 15 is 0 Å². The summed E-state index contributed by atoms with van der Waals surface area (Å²) in [5.74, 6) is -1.43. The minimum absolute atomic E-state index is 0.0931. The van der Waals surface area contributed by atoms with Crippen LogP contribution in [-0.2, 0) is 5.41 Å². The second-order valence-corrected chi connectivity index (χ2v) is 10.1. The molecule has 3 aliphatic rings. The van der Waals surface area contributed by atoms with E-state index in [-0.39, 0.29) is 34.2 Å². The fraction of sp³-hybridized carbons (Fsp3) is 0.440. The first kappa shape index (κ1) is 22.4. The number of aromatic amines is 2. The van der Waals surface area contributed by atoms with Crippen LogP contribution in [0.1, 0.15) is 67.7 Å². The van der Waals surface area contributed by atoms with E-state index < -0.39 is 22.7 Å². The van der Waals surface area contributed by atoms with Crippen LogP contribution in [0, 0.1) is 17.0 Å². The molecule has 1 fully saturated rings. The molecule has 0 spiro atoms. The number of carbonyl (C=O) groups is 1. The van der Waals surface area contributed by atoms with Crippen molar-refractivity contribution in [3.8, 4) is 11.3 Å². The zero-order valence-electron chi connectivity index (χ0n) is 19.4. The van der Waals surface area contributed by atoms with Gasteiger partial charge in [-0.15, -0.1) is 0 Å². The minimum atomic E-state index is -0.674. The first-order chi connectivity index (χ1) is 16.1. The van der Waals surface area contributed by atoms with E-state index in [4.69, 9.17) is 0 Å². The van der Waals surface area contributed by atoms with Crippen molar-refractivity contribution in [3.05, 3.63) is 69.5 Å². The molecule has 2 N–H and O–H groups in total. The molecule has 3 aromatic rings. The lowest BCUT2D eigenvalue weighted by Gasteiger charge is -2.56. The molecule has 1 saturated carbocycles. The Morgan fingerprint density at radius 3 is 2.59 bits per heavy atom. The van der Waals surface area contributed by atoms with Crippen molar-refractivity contribution in [1.82, 2.24) is 25.1 Å². The van der Waals surface area contributed by atoms with Gasteiger partial charge in [0.25, 0.3) is 5.91 Å². The highest BCUT2D eigenvalue weighted by Crippen LogP contribution is 2.61. The molecule has 1 aromatic carbocycles. The molecule has 2 atom stereocenters. The third-order valence-corrected chi connectivity index (χ3v) is 7.56. The molecule has 6 rings (SSSR count). The number of amides is 1. The maximum Gasteiger partial charge on any atom is 0.323 e. The SMILES string of the molecule is CCN(C[C@@]12CC[C@@H](c3cc(-c4c(F)cccc4F)nnc31)C(C)(C)C2)C(=O)c1c[nH]c(=O)[nH]1. The first-order valence-corrected chi connectivity index (χ1v) is 11.5. The van der Waals surface area contributed by atoms with E-state index in [1.807, 2.05) is 6.92 Å². The van der Waals surface area contributed by atoms with Crippen LogP contribution in [0.3, 0.4) is 0 Å². The van der Waals surface area contributed by atoms with E-state index in [1.165, 1.54) is 24.4 Å². The predicted molar refractivity (Wildman–Crippen MR) is 122 cm³/mol. The van der Waals surface area contributed by atoms with E-state index in [9.17, 15) is 18.4 Å². The van der Waals surface area contributed by atoms with Crippen LogP contribution >= 0.6 is 0 Å². The largest absolute Gasteiger partial charge is 0.337 e. The molecule has 178 valence electrons. The molecule has 0 aliphatic heterocycles. The van der Waals surface area contributed by atoms with Gasteiger partial charge >= 0.3 is 5.69 Å². The van der Waals surface area contributed by atoms with Gasteiger partial charge in [-0.25, -0.2) is 13.6 Å². The van der Waals surface area contributed by atoms with E-state index in [2.05, 4.69) is 34.0 Å². The van der Waals surface area contributed by atoms with Crippen LogP contribution in [0.4, 0.5) is 8.78 Å². The standard InChI is InChI=1S/C25H27F2N5O2/c1-4-32(22(33)19-11-28-23(34)29-19)13-25-9-8-15(24(2,3)12-25)14-10-18(30-31-21(14)25)20-16(26)6-5-7-17(20)27/h5-7,10-11,15H,4,8-9,12-13H2,1-3H3,(H2,28,29,34)/t15-,25-/m0/s1. The van der Waals surface area contributed by atoms with Crippen molar-refractivity contribution in [2.75, 3.05) is 13.1 Å². The van der Waals surface area contributed by atoms with E-state index in [0.717, 1.165) is 30.5 Å². The molecule has 2 heterocycles. The Kier molecular flexibility index (Phi) is 5.18. The molecule has 0 unspecified atom stereocenters. The topological polar surface area (TPSA) is 94.7 Å². The summed E-state index contributed by atoms with van der Waals surface area (Å²) >= 11 is 0. The Balaban J connectivity index is 1.58. The molecule has 0 saturated heterocycles. The Morgan fingerprint density at radius 2 is 1.97 bits per heavy atom. The molecule has 2 bridgehead atoms. The van der Waals surface area contributed by atoms with Crippen molar-refractivity contribution >= 4 is 5.91 Å². The first-order valence-electron chi connectivity index (χ1n) is 11.5. The van der Waals surface area contributed by atoms with Gasteiger partial charge in [-0.3, -0.25) is 4.79 Å². The average molecular weight is 468 g/mol. The van der Waals surface area contributed by atoms with Crippen molar-refractivity contribution in [3.63, 3.8) is 0 Å². The van der Waals surface area contributed by atoms with Gasteiger partial charge in [0.05, 0.1) is 17.0 Å². The molecule has 2 aromatic heterocycles. The maximum absolute atomic E-state index is 14.5. The molecule has 7 nitrogen and oxygen atoms in total. The van der Waals surface area contributed by atoms with Gasteiger partial charge in [-0.1, -0.05) is 19.9 Å². The lowest BCUT2D eigenvalue weighted by Crippen LogP contribution is -2.54. The van der Waals surface area contributed by atoms with Crippen LogP contribution in [0.2, 0.25) is 0 Å². The smallest absolute Gasteiger partial charge is 0.323 e. The van der Waals surface area contributed by atoms with Gasteiger partial charge in [0.1, 0.15) is 17.3 Å². The van der Waals surface area contributed by atoms with Gasteiger partial charge < -0.3 is 14.9 Å². The van der Waals surface area contributed by atoms with Crippen molar-refractivity contribution in [2.24, 2.45) is 5.41 Å². The number of likely N-dealkylation sites (N-methyl/N-ethyl adjacent to an activating group) is 1. The number of imidazole rings is 1. The number of nitrogens with one attached hydrogen (secondary N) is 2. The second kappa shape index (κ2) is 7.85. The summed E-state index contributed by atoms with van der Waals surface area (Å²) in [5.41, 5.74) is 1.02. The molecule has 9 heteroatoms. The number of nitrogens with zero attached hydrogens (tertiary/aromatic N) is 3. The van der Waals surface area contributed by atoms with Crippen LogP contribution in [-0.4, -0.2) is 44.1 Å².